The number of benzene rings is 1. The van der Waals surface area contributed by atoms with E-state index >= 15 is 0 Å². The third-order valence-corrected chi connectivity index (χ3v) is 4.99. The summed E-state index contributed by atoms with van der Waals surface area (Å²) in [4.78, 5) is 17.9. The third-order valence-electron chi connectivity index (χ3n) is 2.74. The number of aromatic nitrogens is 1. The molecule has 20 heavy (non-hydrogen) atoms. The Balaban J connectivity index is 1.97. The van der Waals surface area contributed by atoms with Crippen LogP contribution in [0.3, 0.4) is 0 Å². The van der Waals surface area contributed by atoms with E-state index in [2.05, 4.69) is 10.3 Å². The van der Waals surface area contributed by atoms with E-state index in [1.807, 2.05) is 13.0 Å². The highest BCUT2D eigenvalue weighted by Crippen LogP contribution is 2.35. The van der Waals surface area contributed by atoms with Gasteiger partial charge in [-0.3, -0.25) is 10.1 Å². The second-order valence-electron chi connectivity index (χ2n) is 4.22. The Kier molecular flexibility index (Phi) is 3.37. The lowest BCUT2D eigenvalue weighted by atomic mass is 10.2. The van der Waals surface area contributed by atoms with Gasteiger partial charge < -0.3 is 5.73 Å². The first kappa shape index (κ1) is 13.4. The molecule has 0 saturated carbocycles. The van der Waals surface area contributed by atoms with Crippen LogP contribution in [0.25, 0.3) is 10.1 Å². The van der Waals surface area contributed by atoms with E-state index in [1.165, 1.54) is 22.7 Å². The number of fused-ring (bicyclic) bond motifs is 1. The molecule has 0 aliphatic heterocycles. The van der Waals surface area contributed by atoms with Crippen molar-refractivity contribution < 1.29 is 4.79 Å². The van der Waals surface area contributed by atoms with E-state index in [1.54, 1.807) is 18.3 Å². The molecule has 3 N–H and O–H groups in total. The highest BCUT2D eigenvalue weighted by atomic mass is 35.5. The largest absolute Gasteiger partial charge is 0.397 e. The molecule has 3 rings (SSSR count). The molecule has 2 aromatic heterocycles. The van der Waals surface area contributed by atoms with Crippen LogP contribution in [0, 0.1) is 6.92 Å². The molecule has 2 heterocycles. The van der Waals surface area contributed by atoms with Gasteiger partial charge in [-0.15, -0.1) is 22.7 Å². The van der Waals surface area contributed by atoms with Crippen molar-refractivity contribution in [3.05, 3.63) is 39.2 Å². The molecule has 4 nitrogen and oxygen atoms in total. The smallest absolute Gasteiger partial charge is 0.269 e. The Morgan fingerprint density at radius 3 is 2.90 bits per heavy atom. The summed E-state index contributed by atoms with van der Waals surface area (Å²) in [5, 5.41) is 4.74. The normalized spacial score (nSPS) is 10.9. The number of anilines is 2. The van der Waals surface area contributed by atoms with Gasteiger partial charge in [0.2, 0.25) is 0 Å². The molecule has 0 unspecified atom stereocenters. The molecule has 0 bridgehead atoms. The molecule has 0 aliphatic carbocycles. The van der Waals surface area contributed by atoms with Crippen molar-refractivity contribution in [2.45, 2.75) is 6.92 Å². The summed E-state index contributed by atoms with van der Waals surface area (Å²) >= 11 is 8.73. The standard InChI is InChI=1S/C13H10ClN3OS2/c1-6-5-16-13(19-6)17-12(18)11-10(15)8-4-7(14)2-3-9(8)20-11/h2-5H,15H2,1H3,(H,16,17,18). The van der Waals surface area contributed by atoms with E-state index in [4.69, 9.17) is 17.3 Å². The number of thiophene rings is 1. The average molecular weight is 324 g/mol. The molecule has 3 aromatic rings. The van der Waals surface area contributed by atoms with Crippen LogP contribution in [0.5, 0.6) is 0 Å². The minimum Gasteiger partial charge on any atom is -0.397 e. The minimum absolute atomic E-state index is 0.242. The minimum atomic E-state index is -0.242. The maximum atomic E-state index is 12.3. The van der Waals surface area contributed by atoms with Gasteiger partial charge in [-0.25, -0.2) is 4.98 Å². The van der Waals surface area contributed by atoms with E-state index in [0.29, 0.717) is 20.7 Å². The highest BCUT2D eigenvalue weighted by molar-refractivity contribution is 7.22. The lowest BCUT2D eigenvalue weighted by molar-refractivity contribution is 0.103. The van der Waals surface area contributed by atoms with E-state index in [-0.39, 0.29) is 5.91 Å². The van der Waals surface area contributed by atoms with Gasteiger partial charge in [0.25, 0.3) is 5.91 Å². The summed E-state index contributed by atoms with van der Waals surface area (Å²) in [6, 6.07) is 5.42. The van der Waals surface area contributed by atoms with E-state index in [9.17, 15) is 4.79 Å². The Morgan fingerprint density at radius 1 is 1.40 bits per heavy atom. The summed E-state index contributed by atoms with van der Waals surface area (Å²) in [7, 11) is 0. The molecule has 1 aromatic carbocycles. The van der Waals surface area contributed by atoms with Crippen LogP contribution in [0.4, 0.5) is 10.8 Å². The first-order valence-electron chi connectivity index (χ1n) is 5.76. The fourth-order valence-electron chi connectivity index (χ4n) is 1.82. The number of amides is 1. The molecule has 7 heteroatoms. The van der Waals surface area contributed by atoms with Crippen molar-refractivity contribution in [1.82, 2.24) is 4.98 Å². The second-order valence-corrected chi connectivity index (χ2v) is 6.94. The number of carbonyl (C=O) groups excluding carboxylic acids is 1. The van der Waals surface area contributed by atoms with Gasteiger partial charge >= 0.3 is 0 Å². The fourth-order valence-corrected chi connectivity index (χ4v) is 3.65. The van der Waals surface area contributed by atoms with Crippen molar-refractivity contribution in [3.63, 3.8) is 0 Å². The monoisotopic (exact) mass is 323 g/mol. The first-order valence-corrected chi connectivity index (χ1v) is 7.77. The zero-order valence-corrected chi connectivity index (χ0v) is 12.8. The van der Waals surface area contributed by atoms with Gasteiger partial charge in [-0.2, -0.15) is 0 Å². The van der Waals surface area contributed by atoms with Gasteiger partial charge in [0.1, 0.15) is 4.88 Å². The molecule has 0 aliphatic rings. The van der Waals surface area contributed by atoms with Crippen molar-refractivity contribution >= 4 is 61.1 Å². The van der Waals surface area contributed by atoms with Crippen molar-refractivity contribution in [2.75, 3.05) is 11.1 Å². The number of carbonyl (C=O) groups is 1. The Morgan fingerprint density at radius 2 is 2.20 bits per heavy atom. The number of thiazole rings is 1. The number of hydrogen-bond acceptors (Lipinski definition) is 5. The number of aryl methyl sites for hydroxylation is 1. The molecule has 0 fully saturated rings. The van der Waals surface area contributed by atoms with Gasteiger partial charge in [-0.1, -0.05) is 11.6 Å². The van der Waals surface area contributed by atoms with Gasteiger partial charge in [0, 0.05) is 26.2 Å². The lowest BCUT2D eigenvalue weighted by Crippen LogP contribution is -2.11. The predicted octanol–water partition coefficient (Wildman–Crippen LogP) is 4.15. The molecular weight excluding hydrogens is 314 g/mol. The van der Waals surface area contributed by atoms with Crippen LogP contribution in [0.15, 0.2) is 24.4 Å². The van der Waals surface area contributed by atoms with Crippen LogP contribution >= 0.6 is 34.3 Å². The van der Waals surface area contributed by atoms with Crippen molar-refractivity contribution in [1.29, 1.82) is 0 Å². The number of halogens is 1. The Hall–Kier alpha value is -1.63. The summed E-state index contributed by atoms with van der Waals surface area (Å²) < 4.78 is 0.937. The maximum Gasteiger partial charge on any atom is 0.269 e. The Labute approximate surface area is 128 Å². The van der Waals surface area contributed by atoms with Gasteiger partial charge in [0.05, 0.1) is 5.69 Å². The molecule has 0 spiro atoms. The summed E-state index contributed by atoms with van der Waals surface area (Å²) in [5.41, 5.74) is 6.50. The summed E-state index contributed by atoms with van der Waals surface area (Å²) in [6.07, 6.45) is 1.72. The SMILES string of the molecule is Cc1cnc(NC(=O)c2sc3ccc(Cl)cc3c2N)s1. The molecule has 0 atom stereocenters. The topological polar surface area (TPSA) is 68.0 Å². The first-order chi connectivity index (χ1) is 9.54. The molecule has 102 valence electrons. The van der Waals surface area contributed by atoms with Crippen LogP contribution in [-0.4, -0.2) is 10.9 Å². The average Bonchev–Trinajstić information content (AvgIpc) is 2.94. The number of nitrogen functional groups attached to an aromatic ring is 1. The zero-order valence-electron chi connectivity index (χ0n) is 10.4. The number of nitrogens with two attached hydrogens (primary N) is 1. The molecule has 0 saturated heterocycles. The number of hydrogen-bond donors (Lipinski definition) is 2. The number of rotatable bonds is 2. The molecule has 0 radical (unpaired) electrons. The summed E-state index contributed by atoms with van der Waals surface area (Å²) in [5.74, 6) is -0.242. The van der Waals surface area contributed by atoms with Gasteiger partial charge in [-0.05, 0) is 25.1 Å². The van der Waals surface area contributed by atoms with Crippen molar-refractivity contribution in [3.8, 4) is 0 Å². The lowest BCUT2D eigenvalue weighted by Gasteiger charge is -1.99. The maximum absolute atomic E-state index is 12.3. The molecule has 1 amide bonds. The van der Waals surface area contributed by atoms with E-state index < -0.39 is 0 Å². The third kappa shape index (κ3) is 2.37. The van der Waals surface area contributed by atoms with Crippen molar-refractivity contribution in [2.24, 2.45) is 0 Å². The van der Waals surface area contributed by atoms with E-state index in [0.717, 1.165) is 15.0 Å². The second kappa shape index (κ2) is 5.05. The number of nitrogens with one attached hydrogen (secondary N) is 1. The van der Waals surface area contributed by atoms with Crippen LogP contribution in [0.2, 0.25) is 5.02 Å². The van der Waals surface area contributed by atoms with Crippen LogP contribution in [0.1, 0.15) is 14.5 Å². The van der Waals surface area contributed by atoms with Crippen LogP contribution in [-0.2, 0) is 0 Å². The Bertz CT molecular complexity index is 809. The number of nitrogens with zero attached hydrogens (tertiary/aromatic N) is 1. The molecular formula is C13H10ClN3OS2. The fraction of sp³-hybridized carbons (Fsp3) is 0.0769. The van der Waals surface area contributed by atoms with Gasteiger partial charge in [0.15, 0.2) is 5.13 Å². The summed E-state index contributed by atoms with van der Waals surface area (Å²) in [6.45, 7) is 1.93. The predicted molar refractivity (Wildman–Crippen MR) is 86.1 cm³/mol. The quantitative estimate of drug-likeness (QED) is 0.744. The highest BCUT2D eigenvalue weighted by Gasteiger charge is 2.17. The van der Waals surface area contributed by atoms with Crippen LogP contribution < -0.4 is 11.1 Å². The zero-order chi connectivity index (χ0) is 14.3.